The predicted octanol–water partition coefficient (Wildman–Crippen LogP) is 1.41. The maximum atomic E-state index is 11.9. The van der Waals surface area contributed by atoms with Crippen LogP contribution >= 0.6 is 0 Å². The number of carboxylic acid groups (broad SMARTS) is 1. The molecule has 0 spiro atoms. The van der Waals surface area contributed by atoms with Crippen LogP contribution in [0.4, 0.5) is 4.79 Å². The third kappa shape index (κ3) is 2.54. The second kappa shape index (κ2) is 4.85. The van der Waals surface area contributed by atoms with Gasteiger partial charge in [-0.3, -0.25) is 15.4 Å². The highest BCUT2D eigenvalue weighted by atomic mass is 16.6. The van der Waals surface area contributed by atoms with E-state index in [4.69, 9.17) is 4.74 Å². The SMILES string of the molecule is CC(C)(C)OC(=O)N[C@@]1(C(=O)O)[C@H]2CC[C@H](C2)[C@@H]1[N+](=O)[O-]. The zero-order valence-corrected chi connectivity index (χ0v) is 12.3. The van der Waals surface area contributed by atoms with E-state index in [9.17, 15) is 24.8 Å². The number of nitrogens with one attached hydrogen (secondary N) is 1. The van der Waals surface area contributed by atoms with Crippen LogP contribution in [0.2, 0.25) is 0 Å². The maximum absolute atomic E-state index is 11.9. The van der Waals surface area contributed by atoms with Crippen LogP contribution in [0.15, 0.2) is 0 Å². The molecular weight excluding hydrogens is 280 g/mol. The molecule has 21 heavy (non-hydrogen) atoms. The largest absolute Gasteiger partial charge is 0.479 e. The number of carbonyl (C=O) groups is 2. The van der Waals surface area contributed by atoms with E-state index in [-0.39, 0.29) is 5.92 Å². The van der Waals surface area contributed by atoms with Crippen molar-refractivity contribution in [1.29, 1.82) is 0 Å². The topological polar surface area (TPSA) is 119 Å². The fraction of sp³-hybridized carbons (Fsp3) is 0.846. The number of fused-ring (bicyclic) bond motifs is 2. The quantitative estimate of drug-likeness (QED) is 0.601. The lowest BCUT2D eigenvalue weighted by Crippen LogP contribution is -2.67. The van der Waals surface area contributed by atoms with E-state index in [1.165, 1.54) is 0 Å². The molecule has 0 heterocycles. The summed E-state index contributed by atoms with van der Waals surface area (Å²) in [5.41, 5.74) is -2.67. The summed E-state index contributed by atoms with van der Waals surface area (Å²) in [4.78, 5) is 34.5. The number of amides is 1. The molecule has 4 atom stereocenters. The molecule has 0 aromatic rings. The van der Waals surface area contributed by atoms with Gasteiger partial charge in [0.25, 0.3) is 0 Å². The van der Waals surface area contributed by atoms with Crippen molar-refractivity contribution in [3.05, 3.63) is 10.1 Å². The molecule has 0 saturated heterocycles. The first-order valence-corrected chi connectivity index (χ1v) is 6.96. The van der Waals surface area contributed by atoms with Crippen molar-refractivity contribution in [2.45, 2.75) is 57.2 Å². The predicted molar refractivity (Wildman–Crippen MR) is 71.3 cm³/mol. The number of carbonyl (C=O) groups excluding carboxylic acids is 1. The first kappa shape index (κ1) is 15.5. The van der Waals surface area contributed by atoms with Crippen LogP contribution in [-0.2, 0) is 9.53 Å². The van der Waals surface area contributed by atoms with E-state index >= 15 is 0 Å². The molecule has 8 nitrogen and oxygen atoms in total. The van der Waals surface area contributed by atoms with Crippen LogP contribution in [0.5, 0.6) is 0 Å². The van der Waals surface area contributed by atoms with Crippen LogP contribution in [0.1, 0.15) is 40.0 Å². The van der Waals surface area contributed by atoms with Gasteiger partial charge in [-0.25, -0.2) is 9.59 Å². The Morgan fingerprint density at radius 1 is 1.38 bits per heavy atom. The molecule has 2 aliphatic rings. The Morgan fingerprint density at radius 2 is 2.00 bits per heavy atom. The normalized spacial score (nSPS) is 34.5. The molecule has 0 radical (unpaired) electrons. The second-order valence-corrected chi connectivity index (χ2v) is 6.80. The van der Waals surface area contributed by atoms with Gasteiger partial charge < -0.3 is 9.84 Å². The third-order valence-electron chi connectivity index (χ3n) is 4.32. The molecule has 0 aromatic heterocycles. The highest BCUT2D eigenvalue weighted by Crippen LogP contribution is 2.52. The van der Waals surface area contributed by atoms with Crippen molar-refractivity contribution in [1.82, 2.24) is 5.32 Å². The summed E-state index contributed by atoms with van der Waals surface area (Å²) in [6.45, 7) is 4.93. The molecule has 2 fully saturated rings. The monoisotopic (exact) mass is 300 g/mol. The van der Waals surface area contributed by atoms with Crippen LogP contribution in [0, 0.1) is 22.0 Å². The highest BCUT2D eigenvalue weighted by molar-refractivity contribution is 5.86. The van der Waals surface area contributed by atoms with Gasteiger partial charge in [-0.05, 0) is 40.0 Å². The fourth-order valence-corrected chi connectivity index (χ4v) is 3.67. The molecule has 0 unspecified atom stereocenters. The Bertz CT molecular complexity index is 486. The van der Waals surface area contributed by atoms with Gasteiger partial charge >= 0.3 is 12.1 Å². The fourth-order valence-electron chi connectivity index (χ4n) is 3.67. The summed E-state index contributed by atoms with van der Waals surface area (Å²) in [5, 5.41) is 23.2. The Labute approximate surface area is 122 Å². The Balaban J connectivity index is 2.30. The molecule has 2 N–H and O–H groups in total. The molecule has 1 amide bonds. The molecule has 118 valence electrons. The van der Waals surface area contributed by atoms with Crippen molar-refractivity contribution in [3.8, 4) is 0 Å². The van der Waals surface area contributed by atoms with Crippen molar-refractivity contribution in [2.24, 2.45) is 11.8 Å². The van der Waals surface area contributed by atoms with Gasteiger partial charge in [0, 0.05) is 16.8 Å². The summed E-state index contributed by atoms with van der Waals surface area (Å²) in [6, 6.07) is -1.30. The first-order valence-electron chi connectivity index (χ1n) is 6.96. The minimum Gasteiger partial charge on any atom is -0.479 e. The van der Waals surface area contributed by atoms with Gasteiger partial charge in [-0.2, -0.15) is 0 Å². The van der Waals surface area contributed by atoms with E-state index in [1.807, 2.05) is 0 Å². The van der Waals surface area contributed by atoms with Crippen molar-refractivity contribution < 1.29 is 24.4 Å². The highest BCUT2D eigenvalue weighted by Gasteiger charge is 2.70. The number of nitro groups is 1. The van der Waals surface area contributed by atoms with Crippen LogP contribution in [-0.4, -0.2) is 39.3 Å². The number of alkyl carbamates (subject to hydrolysis) is 1. The second-order valence-electron chi connectivity index (χ2n) is 6.80. The van der Waals surface area contributed by atoms with Gasteiger partial charge in [0.1, 0.15) is 5.60 Å². The Morgan fingerprint density at radius 3 is 2.48 bits per heavy atom. The van der Waals surface area contributed by atoms with Gasteiger partial charge in [-0.15, -0.1) is 0 Å². The molecule has 2 bridgehead atoms. The number of carboxylic acids is 1. The third-order valence-corrected chi connectivity index (χ3v) is 4.32. The molecule has 8 heteroatoms. The van der Waals surface area contributed by atoms with E-state index in [1.54, 1.807) is 20.8 Å². The molecular formula is C13H20N2O6. The summed E-state index contributed by atoms with van der Waals surface area (Å²) in [7, 11) is 0. The van der Waals surface area contributed by atoms with Gasteiger partial charge in [0.05, 0.1) is 0 Å². The number of aliphatic carboxylic acids is 1. The zero-order chi connectivity index (χ0) is 16.0. The molecule has 0 aromatic carbocycles. The van der Waals surface area contributed by atoms with Crippen molar-refractivity contribution >= 4 is 12.1 Å². The van der Waals surface area contributed by atoms with Crippen LogP contribution in [0.25, 0.3) is 0 Å². The average Bonchev–Trinajstić information content (AvgIpc) is 2.84. The van der Waals surface area contributed by atoms with E-state index in [0.29, 0.717) is 19.3 Å². The van der Waals surface area contributed by atoms with E-state index < -0.39 is 40.1 Å². The average molecular weight is 300 g/mol. The summed E-state index contributed by atoms with van der Waals surface area (Å²) >= 11 is 0. The smallest absolute Gasteiger partial charge is 0.408 e. The Kier molecular flexibility index (Phi) is 3.59. The molecule has 2 aliphatic carbocycles. The van der Waals surface area contributed by atoms with Gasteiger partial charge in [-0.1, -0.05) is 0 Å². The van der Waals surface area contributed by atoms with E-state index in [2.05, 4.69) is 5.32 Å². The standard InChI is InChI=1S/C13H20N2O6/c1-12(2,3)21-11(18)14-13(10(16)17)8-5-4-7(6-8)9(13)15(19)20/h7-9H,4-6H2,1-3H3,(H,14,18)(H,16,17)/t7-,8+,9+,13+/m1/s1. The lowest BCUT2D eigenvalue weighted by molar-refractivity contribution is -0.539. The maximum Gasteiger partial charge on any atom is 0.408 e. The number of ether oxygens (including phenoxy) is 1. The van der Waals surface area contributed by atoms with Crippen LogP contribution in [0.3, 0.4) is 0 Å². The number of hydrogen-bond acceptors (Lipinski definition) is 5. The van der Waals surface area contributed by atoms with Crippen molar-refractivity contribution in [3.63, 3.8) is 0 Å². The minimum absolute atomic E-state index is 0.309. The van der Waals surface area contributed by atoms with Gasteiger partial charge in [0.2, 0.25) is 11.6 Å². The molecule has 2 rings (SSSR count). The summed E-state index contributed by atoms with van der Waals surface area (Å²) < 4.78 is 5.07. The minimum atomic E-state index is -1.87. The van der Waals surface area contributed by atoms with Gasteiger partial charge in [0.15, 0.2) is 0 Å². The lowest BCUT2D eigenvalue weighted by Gasteiger charge is -2.36. The van der Waals surface area contributed by atoms with Crippen LogP contribution < -0.4 is 5.32 Å². The molecule has 0 aliphatic heterocycles. The first-order chi connectivity index (χ1) is 9.58. The zero-order valence-electron chi connectivity index (χ0n) is 12.3. The van der Waals surface area contributed by atoms with Crippen molar-refractivity contribution in [2.75, 3.05) is 0 Å². The van der Waals surface area contributed by atoms with E-state index in [0.717, 1.165) is 0 Å². The lowest BCUT2D eigenvalue weighted by atomic mass is 9.77. The number of rotatable bonds is 3. The number of hydrogen-bond donors (Lipinski definition) is 2. The summed E-state index contributed by atoms with van der Waals surface area (Å²) in [6.07, 6.45) is 0.718. The Hall–Kier alpha value is -1.86. The molecule has 2 saturated carbocycles. The number of nitrogens with zero attached hydrogens (tertiary/aromatic N) is 1. The summed E-state index contributed by atoms with van der Waals surface area (Å²) in [5.74, 6) is -2.10.